The molecule has 0 spiro atoms. The van der Waals surface area contributed by atoms with Crippen molar-refractivity contribution in [2.24, 2.45) is 0 Å². The summed E-state index contributed by atoms with van der Waals surface area (Å²) in [4.78, 5) is 16.1. The average Bonchev–Trinajstić information content (AvgIpc) is 3.16. The Balaban J connectivity index is 1.66. The molecule has 3 rings (SSSR count). The lowest BCUT2D eigenvalue weighted by Crippen LogP contribution is -2.38. The topological polar surface area (TPSA) is 65.1 Å². The number of halogens is 1. The highest BCUT2D eigenvalue weighted by Gasteiger charge is 2.24. The van der Waals surface area contributed by atoms with E-state index in [1.807, 2.05) is 41.9 Å². The van der Waals surface area contributed by atoms with Gasteiger partial charge in [0.2, 0.25) is 5.91 Å². The molecule has 0 saturated heterocycles. The van der Waals surface area contributed by atoms with Gasteiger partial charge in [0.25, 0.3) is 0 Å². The second kappa shape index (κ2) is 6.35. The van der Waals surface area contributed by atoms with Crippen molar-refractivity contribution in [2.75, 3.05) is 6.54 Å². The van der Waals surface area contributed by atoms with E-state index < -0.39 is 5.60 Å². The van der Waals surface area contributed by atoms with Crippen LogP contribution in [0.5, 0.6) is 0 Å². The second-order valence-corrected chi connectivity index (χ2v) is 7.09. The fraction of sp³-hybridized carbons (Fsp3) is 0.235. The third kappa shape index (κ3) is 3.58. The number of aromatic nitrogens is 1. The van der Waals surface area contributed by atoms with Gasteiger partial charge in [-0.15, -0.1) is 11.3 Å². The number of H-pyrrole nitrogens is 1. The van der Waals surface area contributed by atoms with Crippen molar-refractivity contribution < 1.29 is 9.90 Å². The first kappa shape index (κ1) is 16.1. The minimum Gasteiger partial charge on any atom is -0.383 e. The van der Waals surface area contributed by atoms with Gasteiger partial charge in [-0.05, 0) is 42.1 Å². The van der Waals surface area contributed by atoms with Crippen LogP contribution in [0.15, 0.2) is 41.9 Å². The first-order chi connectivity index (χ1) is 11.0. The molecule has 0 saturated carbocycles. The number of hydrogen-bond donors (Lipinski definition) is 3. The Bertz CT molecular complexity index is 824. The summed E-state index contributed by atoms with van der Waals surface area (Å²) in [5, 5.41) is 16.7. The van der Waals surface area contributed by atoms with Crippen LogP contribution >= 0.6 is 22.9 Å². The number of aliphatic hydroxyl groups is 1. The van der Waals surface area contributed by atoms with Crippen molar-refractivity contribution in [3.63, 3.8) is 0 Å². The lowest BCUT2D eigenvalue weighted by atomic mass is 10.0. The summed E-state index contributed by atoms with van der Waals surface area (Å²) in [7, 11) is 0. The van der Waals surface area contributed by atoms with Crippen LogP contribution in [0.4, 0.5) is 0 Å². The summed E-state index contributed by atoms with van der Waals surface area (Å²) >= 11 is 7.49. The van der Waals surface area contributed by atoms with Crippen molar-refractivity contribution in [3.8, 4) is 0 Å². The number of benzene rings is 1. The molecule has 0 bridgehead atoms. The lowest BCUT2D eigenvalue weighted by Gasteiger charge is -2.22. The van der Waals surface area contributed by atoms with E-state index >= 15 is 0 Å². The van der Waals surface area contributed by atoms with Gasteiger partial charge in [0, 0.05) is 27.0 Å². The van der Waals surface area contributed by atoms with Gasteiger partial charge in [0.1, 0.15) is 5.60 Å². The molecule has 1 amide bonds. The summed E-state index contributed by atoms with van der Waals surface area (Å²) in [5.41, 5.74) is 0.770. The number of thiophene rings is 1. The predicted molar refractivity (Wildman–Crippen MR) is 93.9 cm³/mol. The third-order valence-corrected chi connectivity index (χ3v) is 5.12. The fourth-order valence-corrected chi connectivity index (χ4v) is 3.43. The Morgan fingerprint density at radius 2 is 2.26 bits per heavy atom. The van der Waals surface area contributed by atoms with Crippen LogP contribution in [-0.4, -0.2) is 22.5 Å². The number of amides is 1. The highest BCUT2D eigenvalue weighted by Crippen LogP contribution is 2.25. The Kier molecular flexibility index (Phi) is 4.43. The highest BCUT2D eigenvalue weighted by molar-refractivity contribution is 7.10. The number of nitrogens with one attached hydrogen (secondary N) is 2. The maximum absolute atomic E-state index is 12.2. The molecule has 2 aromatic heterocycles. The van der Waals surface area contributed by atoms with Crippen LogP contribution < -0.4 is 5.32 Å². The summed E-state index contributed by atoms with van der Waals surface area (Å²) in [6.45, 7) is 1.88. The minimum absolute atomic E-state index is 0.136. The molecular formula is C17H17ClN2O2S. The number of carbonyl (C=O) groups excluding carboxylic acids is 1. The van der Waals surface area contributed by atoms with Gasteiger partial charge in [-0.25, -0.2) is 0 Å². The first-order valence-electron chi connectivity index (χ1n) is 7.24. The summed E-state index contributed by atoms with van der Waals surface area (Å²) < 4.78 is 0. The fourth-order valence-electron chi connectivity index (χ4n) is 2.48. The SMILES string of the molecule is CC(O)(CNC(=O)Cc1c[nH]c2ccc(Cl)cc12)c1cccs1. The molecule has 120 valence electrons. The van der Waals surface area contributed by atoms with Gasteiger partial charge in [0.05, 0.1) is 13.0 Å². The zero-order chi connectivity index (χ0) is 16.4. The molecule has 3 N–H and O–H groups in total. The molecule has 0 aliphatic rings. The molecule has 4 nitrogen and oxygen atoms in total. The zero-order valence-corrected chi connectivity index (χ0v) is 14.2. The third-order valence-electron chi connectivity index (χ3n) is 3.76. The van der Waals surface area contributed by atoms with E-state index in [1.54, 1.807) is 6.92 Å². The van der Waals surface area contributed by atoms with Crippen molar-refractivity contribution in [2.45, 2.75) is 18.9 Å². The van der Waals surface area contributed by atoms with E-state index in [9.17, 15) is 9.90 Å². The molecule has 3 aromatic rings. The van der Waals surface area contributed by atoms with Crippen molar-refractivity contribution in [1.29, 1.82) is 0 Å². The van der Waals surface area contributed by atoms with Crippen LogP contribution in [0.3, 0.4) is 0 Å². The van der Waals surface area contributed by atoms with Crippen LogP contribution in [0, 0.1) is 0 Å². The number of hydrogen-bond acceptors (Lipinski definition) is 3. The minimum atomic E-state index is -1.06. The highest BCUT2D eigenvalue weighted by atomic mass is 35.5. The van der Waals surface area contributed by atoms with Gasteiger partial charge < -0.3 is 15.4 Å². The van der Waals surface area contributed by atoms with Crippen molar-refractivity contribution in [3.05, 3.63) is 57.4 Å². The molecule has 1 unspecified atom stereocenters. The largest absolute Gasteiger partial charge is 0.383 e. The van der Waals surface area contributed by atoms with Crippen LogP contribution in [-0.2, 0) is 16.8 Å². The van der Waals surface area contributed by atoms with E-state index in [0.29, 0.717) is 5.02 Å². The van der Waals surface area contributed by atoms with Crippen LogP contribution in [0.1, 0.15) is 17.4 Å². The van der Waals surface area contributed by atoms with Gasteiger partial charge in [0.15, 0.2) is 0 Å². The second-order valence-electron chi connectivity index (χ2n) is 5.71. The van der Waals surface area contributed by atoms with Crippen LogP contribution in [0.25, 0.3) is 10.9 Å². The summed E-state index contributed by atoms with van der Waals surface area (Å²) in [6, 6.07) is 9.28. The van der Waals surface area contributed by atoms with Gasteiger partial charge in [-0.2, -0.15) is 0 Å². The standard InChI is InChI=1S/C17H17ClN2O2S/c1-17(22,15-3-2-6-23-15)10-20-16(21)7-11-9-19-14-5-4-12(18)8-13(11)14/h2-6,8-9,19,22H,7,10H2,1H3,(H,20,21). The zero-order valence-electron chi connectivity index (χ0n) is 12.6. The van der Waals surface area contributed by atoms with E-state index in [1.165, 1.54) is 11.3 Å². The smallest absolute Gasteiger partial charge is 0.224 e. The maximum atomic E-state index is 12.2. The molecule has 6 heteroatoms. The number of rotatable bonds is 5. The van der Waals surface area contributed by atoms with Gasteiger partial charge >= 0.3 is 0 Å². The quantitative estimate of drug-likeness (QED) is 0.661. The summed E-state index contributed by atoms with van der Waals surface area (Å²) in [5.74, 6) is -0.136. The summed E-state index contributed by atoms with van der Waals surface area (Å²) in [6.07, 6.45) is 2.05. The molecular weight excluding hydrogens is 332 g/mol. The molecule has 23 heavy (non-hydrogen) atoms. The normalized spacial score (nSPS) is 13.9. The van der Waals surface area contributed by atoms with Crippen molar-refractivity contribution >= 4 is 39.7 Å². The Labute approximate surface area is 143 Å². The van der Waals surface area contributed by atoms with Crippen LogP contribution in [0.2, 0.25) is 5.02 Å². The van der Waals surface area contributed by atoms with E-state index in [4.69, 9.17) is 11.6 Å². The molecule has 0 radical (unpaired) electrons. The monoisotopic (exact) mass is 348 g/mol. The lowest BCUT2D eigenvalue weighted by molar-refractivity contribution is -0.121. The first-order valence-corrected chi connectivity index (χ1v) is 8.50. The number of aromatic amines is 1. The average molecular weight is 349 g/mol. The predicted octanol–water partition coefficient (Wildman–Crippen LogP) is 3.45. The Morgan fingerprint density at radius 1 is 1.43 bits per heavy atom. The van der Waals surface area contributed by atoms with Crippen molar-refractivity contribution in [1.82, 2.24) is 10.3 Å². The Morgan fingerprint density at radius 3 is 3.00 bits per heavy atom. The molecule has 1 atom stereocenters. The number of carbonyl (C=O) groups is 1. The van der Waals surface area contributed by atoms with E-state index in [-0.39, 0.29) is 18.9 Å². The molecule has 1 aromatic carbocycles. The molecule has 0 fully saturated rings. The maximum Gasteiger partial charge on any atom is 0.224 e. The van der Waals surface area contributed by atoms with Gasteiger partial charge in [-0.3, -0.25) is 4.79 Å². The molecule has 0 aliphatic heterocycles. The molecule has 0 aliphatic carbocycles. The number of fused-ring (bicyclic) bond motifs is 1. The Hall–Kier alpha value is -1.82. The van der Waals surface area contributed by atoms with E-state index in [0.717, 1.165) is 21.3 Å². The van der Waals surface area contributed by atoms with E-state index in [2.05, 4.69) is 10.3 Å². The molecule has 2 heterocycles. The van der Waals surface area contributed by atoms with Gasteiger partial charge in [-0.1, -0.05) is 17.7 Å².